The molecule has 0 aliphatic heterocycles. The highest BCUT2D eigenvalue weighted by molar-refractivity contribution is 6.03. The third kappa shape index (κ3) is 4.46. The number of carbonyl (C=O) groups is 2. The molecule has 1 aliphatic rings. The number of benzene rings is 2. The number of allylic oxidation sites excluding steroid dienone is 1. The quantitative estimate of drug-likeness (QED) is 0.565. The molecule has 7 nitrogen and oxygen atoms in total. The lowest BCUT2D eigenvalue weighted by atomic mass is 10.1. The van der Waals surface area contributed by atoms with E-state index in [-0.39, 0.29) is 5.43 Å². The van der Waals surface area contributed by atoms with Crippen molar-refractivity contribution in [3.63, 3.8) is 0 Å². The molecule has 2 aromatic carbocycles. The molecule has 4 rings (SSSR count). The number of aliphatic carboxylic acids is 1. The van der Waals surface area contributed by atoms with Crippen molar-refractivity contribution in [2.24, 2.45) is 0 Å². The van der Waals surface area contributed by atoms with Gasteiger partial charge >= 0.3 is 5.97 Å². The number of anilines is 1. The van der Waals surface area contributed by atoms with Crippen LogP contribution in [0, 0.1) is 0 Å². The number of carboxylic acids is 1. The number of hydrogen-bond acceptors (Lipinski definition) is 5. The van der Waals surface area contributed by atoms with Crippen LogP contribution in [0.5, 0.6) is 5.75 Å². The summed E-state index contributed by atoms with van der Waals surface area (Å²) in [6, 6.07) is 12.5. The van der Waals surface area contributed by atoms with E-state index in [1.54, 1.807) is 18.2 Å². The van der Waals surface area contributed by atoms with Crippen LogP contribution in [-0.2, 0) is 16.0 Å². The molecule has 0 fully saturated rings. The van der Waals surface area contributed by atoms with Crippen molar-refractivity contribution < 1.29 is 23.8 Å². The number of carboxylic acid groups (broad SMARTS) is 1. The van der Waals surface area contributed by atoms with Gasteiger partial charge in [-0.1, -0.05) is 12.1 Å². The van der Waals surface area contributed by atoms with Crippen molar-refractivity contribution in [3.05, 3.63) is 81.7 Å². The number of nitrogens with one attached hydrogen (secondary N) is 1. The Kier molecular flexibility index (Phi) is 5.89. The molecule has 1 aromatic heterocycles. The van der Waals surface area contributed by atoms with Gasteiger partial charge in [-0.15, -0.1) is 0 Å². The van der Waals surface area contributed by atoms with E-state index in [0.717, 1.165) is 29.0 Å². The molecule has 0 atom stereocenters. The van der Waals surface area contributed by atoms with Crippen LogP contribution < -0.4 is 15.5 Å². The van der Waals surface area contributed by atoms with Crippen molar-refractivity contribution in [3.8, 4) is 5.75 Å². The molecule has 0 saturated heterocycles. The monoisotopic (exact) mass is 431 g/mol. The Balaban J connectivity index is 1.67. The van der Waals surface area contributed by atoms with Gasteiger partial charge < -0.3 is 19.6 Å². The molecule has 7 heteroatoms. The van der Waals surface area contributed by atoms with Crippen molar-refractivity contribution >= 4 is 40.2 Å². The van der Waals surface area contributed by atoms with Gasteiger partial charge in [0.15, 0.2) is 5.43 Å². The van der Waals surface area contributed by atoms with Gasteiger partial charge in [-0.05, 0) is 61.2 Å². The van der Waals surface area contributed by atoms with E-state index >= 15 is 0 Å². The largest absolute Gasteiger partial charge is 0.494 e. The molecule has 2 N–H and O–H groups in total. The summed E-state index contributed by atoms with van der Waals surface area (Å²) < 4.78 is 11.6. The van der Waals surface area contributed by atoms with E-state index in [2.05, 4.69) is 5.32 Å². The Hall–Kier alpha value is -4.13. The standard InChI is InChI=1S/C25H21NO6/c1-2-31-18-7-3-15(4-8-18)13-16-5-9-20-24(30)19-10-6-17(14-21(19)32-25(16)20)26-22(27)11-12-23(28)29/h3-4,6-8,10-14H,2,5,9H2,1H3,(H,26,27)(H,28,29)/b12-11+,16-13?. The second-order valence-corrected chi connectivity index (χ2v) is 7.28. The first kappa shape index (κ1) is 21.1. The fraction of sp³-hybridized carbons (Fsp3) is 0.160. The maximum absolute atomic E-state index is 13.0. The number of fused-ring (bicyclic) bond motifs is 2. The van der Waals surface area contributed by atoms with E-state index in [1.807, 2.05) is 37.3 Å². The summed E-state index contributed by atoms with van der Waals surface area (Å²) in [5.74, 6) is -0.448. The summed E-state index contributed by atoms with van der Waals surface area (Å²) >= 11 is 0. The highest BCUT2D eigenvalue weighted by Gasteiger charge is 2.24. The second kappa shape index (κ2) is 8.93. The molecule has 0 bridgehead atoms. The molecule has 1 amide bonds. The highest BCUT2D eigenvalue weighted by atomic mass is 16.5. The summed E-state index contributed by atoms with van der Waals surface area (Å²) in [4.78, 5) is 35.4. The Labute approximate surface area is 183 Å². The average molecular weight is 431 g/mol. The van der Waals surface area contributed by atoms with Crippen molar-refractivity contribution in [1.82, 2.24) is 0 Å². The van der Waals surface area contributed by atoms with Crippen LogP contribution in [-0.4, -0.2) is 23.6 Å². The van der Waals surface area contributed by atoms with Crippen LogP contribution in [0.15, 0.2) is 63.8 Å². The number of ether oxygens (including phenoxy) is 1. The molecule has 0 saturated carbocycles. The molecular formula is C25H21NO6. The first-order valence-corrected chi connectivity index (χ1v) is 10.2. The highest BCUT2D eigenvalue weighted by Crippen LogP contribution is 2.34. The number of hydrogen-bond donors (Lipinski definition) is 2. The first-order chi connectivity index (χ1) is 15.4. The number of amides is 1. The summed E-state index contributed by atoms with van der Waals surface area (Å²) in [7, 11) is 0. The SMILES string of the molecule is CCOc1ccc(C=C2CCc3c2oc2cc(NC(=O)/C=C/C(=O)O)ccc2c3=O)cc1. The van der Waals surface area contributed by atoms with Crippen LogP contribution in [0.1, 0.15) is 30.2 Å². The first-order valence-electron chi connectivity index (χ1n) is 10.2. The number of carbonyl (C=O) groups excluding carboxylic acids is 1. The predicted molar refractivity (Wildman–Crippen MR) is 122 cm³/mol. The lowest BCUT2D eigenvalue weighted by Crippen LogP contribution is -2.11. The van der Waals surface area contributed by atoms with E-state index in [1.165, 1.54) is 0 Å². The molecule has 0 spiro atoms. The van der Waals surface area contributed by atoms with Crippen LogP contribution >= 0.6 is 0 Å². The Bertz CT molecular complexity index is 1310. The lowest BCUT2D eigenvalue weighted by Gasteiger charge is -2.07. The van der Waals surface area contributed by atoms with Gasteiger partial charge in [-0.2, -0.15) is 0 Å². The Morgan fingerprint density at radius 3 is 2.62 bits per heavy atom. The zero-order valence-electron chi connectivity index (χ0n) is 17.4. The third-order valence-corrected chi connectivity index (χ3v) is 5.10. The minimum atomic E-state index is -1.22. The van der Waals surface area contributed by atoms with Crippen LogP contribution in [0.25, 0.3) is 22.6 Å². The van der Waals surface area contributed by atoms with Crippen LogP contribution in [0.3, 0.4) is 0 Å². The summed E-state index contributed by atoms with van der Waals surface area (Å²) in [5.41, 5.74) is 3.23. The van der Waals surface area contributed by atoms with Gasteiger partial charge in [0.1, 0.15) is 17.1 Å². The summed E-state index contributed by atoms with van der Waals surface area (Å²) in [5, 5.41) is 11.6. The van der Waals surface area contributed by atoms with E-state index in [9.17, 15) is 14.4 Å². The Morgan fingerprint density at radius 2 is 1.91 bits per heavy atom. The maximum Gasteiger partial charge on any atom is 0.328 e. The zero-order valence-corrected chi connectivity index (χ0v) is 17.4. The van der Waals surface area contributed by atoms with Crippen molar-refractivity contribution in [1.29, 1.82) is 0 Å². The van der Waals surface area contributed by atoms with Crippen molar-refractivity contribution in [2.75, 3.05) is 11.9 Å². The van der Waals surface area contributed by atoms with Gasteiger partial charge in [0.25, 0.3) is 0 Å². The van der Waals surface area contributed by atoms with Gasteiger partial charge in [-0.3, -0.25) is 9.59 Å². The van der Waals surface area contributed by atoms with Crippen LogP contribution in [0.2, 0.25) is 0 Å². The van der Waals surface area contributed by atoms with Gasteiger partial charge in [0, 0.05) is 29.5 Å². The minimum absolute atomic E-state index is 0.0833. The van der Waals surface area contributed by atoms with E-state index < -0.39 is 11.9 Å². The lowest BCUT2D eigenvalue weighted by molar-refractivity contribution is -0.131. The van der Waals surface area contributed by atoms with Gasteiger partial charge in [0.05, 0.1) is 12.0 Å². The van der Waals surface area contributed by atoms with Crippen molar-refractivity contribution in [2.45, 2.75) is 19.8 Å². The molecule has 32 heavy (non-hydrogen) atoms. The summed E-state index contributed by atoms with van der Waals surface area (Å²) in [6.45, 7) is 2.53. The molecular weight excluding hydrogens is 410 g/mol. The third-order valence-electron chi connectivity index (χ3n) is 5.10. The maximum atomic E-state index is 13.0. The summed E-state index contributed by atoms with van der Waals surface area (Å²) in [6.07, 6.45) is 4.97. The van der Waals surface area contributed by atoms with E-state index in [0.29, 0.717) is 47.4 Å². The molecule has 1 heterocycles. The topological polar surface area (TPSA) is 106 Å². The van der Waals surface area contributed by atoms with E-state index in [4.69, 9.17) is 14.3 Å². The fourth-order valence-electron chi connectivity index (χ4n) is 3.67. The molecule has 0 radical (unpaired) electrons. The minimum Gasteiger partial charge on any atom is -0.494 e. The number of rotatable bonds is 6. The molecule has 162 valence electrons. The van der Waals surface area contributed by atoms with Gasteiger partial charge in [-0.25, -0.2) is 4.79 Å². The average Bonchev–Trinajstić information content (AvgIpc) is 3.16. The second-order valence-electron chi connectivity index (χ2n) is 7.28. The molecule has 1 aliphatic carbocycles. The molecule has 3 aromatic rings. The zero-order chi connectivity index (χ0) is 22.7. The fourth-order valence-corrected chi connectivity index (χ4v) is 3.67. The predicted octanol–water partition coefficient (Wildman–Crippen LogP) is 4.26. The normalized spacial score (nSPS) is 14.1. The Morgan fingerprint density at radius 1 is 1.12 bits per heavy atom. The molecule has 0 unspecified atom stereocenters. The van der Waals surface area contributed by atoms with Crippen LogP contribution in [0.4, 0.5) is 5.69 Å². The smallest absolute Gasteiger partial charge is 0.328 e. The van der Waals surface area contributed by atoms with Gasteiger partial charge in [0.2, 0.25) is 5.91 Å².